The summed E-state index contributed by atoms with van der Waals surface area (Å²) >= 11 is 6.02. The fourth-order valence-electron chi connectivity index (χ4n) is 1.20. The standard InChI is InChI=1S/C8H9ClN4/c9-8-6(3-4-10)12-7-2-1-5-11-13(7)8/h1-2,5H,3-4,10H2. The second kappa shape index (κ2) is 3.32. The first-order valence-corrected chi connectivity index (χ1v) is 4.39. The van der Waals surface area contributed by atoms with Gasteiger partial charge in [-0.1, -0.05) is 11.6 Å². The van der Waals surface area contributed by atoms with E-state index in [1.165, 1.54) is 0 Å². The average Bonchev–Trinajstić information content (AvgIpc) is 2.46. The van der Waals surface area contributed by atoms with Gasteiger partial charge in [0.15, 0.2) is 10.8 Å². The first kappa shape index (κ1) is 8.47. The molecule has 13 heavy (non-hydrogen) atoms. The highest BCUT2D eigenvalue weighted by Crippen LogP contribution is 2.16. The van der Waals surface area contributed by atoms with Crippen LogP contribution in [0.25, 0.3) is 5.65 Å². The van der Waals surface area contributed by atoms with Crippen molar-refractivity contribution in [2.45, 2.75) is 6.42 Å². The molecule has 0 amide bonds. The topological polar surface area (TPSA) is 56.2 Å². The predicted octanol–water partition coefficient (Wildman–Crippen LogP) is 0.884. The van der Waals surface area contributed by atoms with E-state index in [0.29, 0.717) is 18.1 Å². The predicted molar refractivity (Wildman–Crippen MR) is 50.8 cm³/mol. The molecule has 2 aromatic heterocycles. The molecule has 0 bridgehead atoms. The summed E-state index contributed by atoms with van der Waals surface area (Å²) in [4.78, 5) is 4.29. The molecule has 2 N–H and O–H groups in total. The van der Waals surface area contributed by atoms with Crippen molar-refractivity contribution < 1.29 is 0 Å². The maximum atomic E-state index is 6.02. The summed E-state index contributed by atoms with van der Waals surface area (Å²) in [5.41, 5.74) is 6.99. The molecule has 5 heteroatoms. The Morgan fingerprint density at radius 1 is 1.54 bits per heavy atom. The Kier molecular flexibility index (Phi) is 2.16. The van der Waals surface area contributed by atoms with Gasteiger partial charge in [0.2, 0.25) is 0 Å². The van der Waals surface area contributed by atoms with Crippen molar-refractivity contribution >= 4 is 17.2 Å². The van der Waals surface area contributed by atoms with Crippen molar-refractivity contribution in [3.8, 4) is 0 Å². The lowest BCUT2D eigenvalue weighted by molar-refractivity contribution is 0.915. The van der Waals surface area contributed by atoms with Crippen molar-refractivity contribution in [1.29, 1.82) is 0 Å². The van der Waals surface area contributed by atoms with Crippen molar-refractivity contribution in [2.24, 2.45) is 5.73 Å². The number of imidazole rings is 1. The summed E-state index contributed by atoms with van der Waals surface area (Å²) in [6, 6.07) is 3.68. The van der Waals surface area contributed by atoms with Crippen LogP contribution in [0.15, 0.2) is 18.3 Å². The number of halogens is 1. The van der Waals surface area contributed by atoms with Crippen LogP contribution in [0.3, 0.4) is 0 Å². The number of nitrogens with zero attached hydrogens (tertiary/aromatic N) is 3. The molecule has 0 atom stereocenters. The lowest BCUT2D eigenvalue weighted by Crippen LogP contribution is -2.03. The van der Waals surface area contributed by atoms with Gasteiger partial charge in [0, 0.05) is 12.6 Å². The maximum Gasteiger partial charge on any atom is 0.155 e. The normalized spacial score (nSPS) is 10.9. The molecule has 0 aliphatic carbocycles. The number of nitrogens with two attached hydrogens (primary N) is 1. The number of hydrogen-bond donors (Lipinski definition) is 1. The third-order valence-electron chi connectivity index (χ3n) is 1.79. The van der Waals surface area contributed by atoms with Gasteiger partial charge in [0.25, 0.3) is 0 Å². The molecule has 68 valence electrons. The van der Waals surface area contributed by atoms with Crippen LogP contribution in [0.1, 0.15) is 5.69 Å². The zero-order chi connectivity index (χ0) is 9.26. The molecule has 4 nitrogen and oxygen atoms in total. The van der Waals surface area contributed by atoms with Crippen LogP contribution in [-0.2, 0) is 6.42 Å². The van der Waals surface area contributed by atoms with Gasteiger partial charge in [-0.05, 0) is 18.7 Å². The molecule has 0 radical (unpaired) electrons. The van der Waals surface area contributed by atoms with Crippen molar-refractivity contribution in [3.63, 3.8) is 0 Å². The Hall–Kier alpha value is -1.13. The summed E-state index contributed by atoms with van der Waals surface area (Å²) in [6.07, 6.45) is 2.36. The van der Waals surface area contributed by atoms with E-state index in [9.17, 15) is 0 Å². The molecule has 0 fully saturated rings. The number of aromatic nitrogens is 3. The van der Waals surface area contributed by atoms with Crippen LogP contribution < -0.4 is 5.73 Å². The van der Waals surface area contributed by atoms with Crippen LogP contribution in [0.2, 0.25) is 5.15 Å². The molecule has 2 heterocycles. The van der Waals surface area contributed by atoms with Gasteiger partial charge < -0.3 is 5.73 Å². The second-order valence-electron chi connectivity index (χ2n) is 2.68. The van der Waals surface area contributed by atoms with Crippen molar-refractivity contribution in [2.75, 3.05) is 6.54 Å². The molecule has 0 aromatic carbocycles. The largest absolute Gasteiger partial charge is 0.330 e. The van der Waals surface area contributed by atoms with Crippen LogP contribution >= 0.6 is 11.6 Å². The third-order valence-corrected chi connectivity index (χ3v) is 2.16. The van der Waals surface area contributed by atoms with Gasteiger partial charge in [0.1, 0.15) is 0 Å². The molecule has 0 saturated carbocycles. The van der Waals surface area contributed by atoms with Gasteiger partial charge >= 0.3 is 0 Å². The summed E-state index contributed by atoms with van der Waals surface area (Å²) < 4.78 is 1.60. The fourth-order valence-corrected chi connectivity index (χ4v) is 1.47. The Labute approximate surface area is 80.3 Å². The Balaban J connectivity index is 2.60. The summed E-state index contributed by atoms with van der Waals surface area (Å²) in [5, 5.41) is 4.62. The highest BCUT2D eigenvalue weighted by Gasteiger charge is 2.08. The lowest BCUT2D eigenvalue weighted by Gasteiger charge is -1.92. The molecule has 0 spiro atoms. The van der Waals surface area contributed by atoms with Crippen LogP contribution in [0, 0.1) is 0 Å². The van der Waals surface area contributed by atoms with Crippen LogP contribution in [-0.4, -0.2) is 21.1 Å². The van der Waals surface area contributed by atoms with E-state index >= 15 is 0 Å². The highest BCUT2D eigenvalue weighted by molar-refractivity contribution is 6.30. The molecule has 0 saturated heterocycles. The smallest absolute Gasteiger partial charge is 0.155 e. The first-order chi connectivity index (χ1) is 6.33. The first-order valence-electron chi connectivity index (χ1n) is 4.01. The van der Waals surface area contributed by atoms with Gasteiger partial charge in [0.05, 0.1) is 5.69 Å². The molecule has 0 aliphatic rings. The van der Waals surface area contributed by atoms with Crippen LogP contribution in [0.4, 0.5) is 0 Å². The summed E-state index contributed by atoms with van der Waals surface area (Å²) in [6.45, 7) is 0.545. The van der Waals surface area contributed by atoms with Crippen molar-refractivity contribution in [3.05, 3.63) is 29.2 Å². The molecule has 0 aliphatic heterocycles. The highest BCUT2D eigenvalue weighted by atomic mass is 35.5. The van der Waals surface area contributed by atoms with Gasteiger partial charge in [-0.3, -0.25) is 0 Å². The van der Waals surface area contributed by atoms with E-state index in [0.717, 1.165) is 11.3 Å². The van der Waals surface area contributed by atoms with Crippen LogP contribution in [0.5, 0.6) is 0 Å². The van der Waals surface area contributed by atoms with E-state index in [4.69, 9.17) is 17.3 Å². The SMILES string of the molecule is NCCc1nc2cccnn2c1Cl. The number of fused-ring (bicyclic) bond motifs is 1. The minimum Gasteiger partial charge on any atom is -0.330 e. The average molecular weight is 197 g/mol. The quantitative estimate of drug-likeness (QED) is 0.776. The number of hydrogen-bond acceptors (Lipinski definition) is 3. The molecule has 2 aromatic rings. The van der Waals surface area contributed by atoms with E-state index in [2.05, 4.69) is 10.1 Å². The molecule has 0 unspecified atom stereocenters. The van der Waals surface area contributed by atoms with E-state index in [-0.39, 0.29) is 0 Å². The fraction of sp³-hybridized carbons (Fsp3) is 0.250. The number of rotatable bonds is 2. The van der Waals surface area contributed by atoms with E-state index in [1.54, 1.807) is 10.7 Å². The Morgan fingerprint density at radius 3 is 3.08 bits per heavy atom. The second-order valence-corrected chi connectivity index (χ2v) is 3.04. The third kappa shape index (κ3) is 1.38. The Morgan fingerprint density at radius 2 is 2.38 bits per heavy atom. The van der Waals surface area contributed by atoms with Crippen molar-refractivity contribution in [1.82, 2.24) is 14.6 Å². The molecular formula is C8H9ClN4. The monoisotopic (exact) mass is 196 g/mol. The molecular weight excluding hydrogens is 188 g/mol. The van der Waals surface area contributed by atoms with Gasteiger partial charge in [-0.2, -0.15) is 5.10 Å². The zero-order valence-corrected chi connectivity index (χ0v) is 7.70. The minimum absolute atomic E-state index is 0.545. The van der Waals surface area contributed by atoms with E-state index < -0.39 is 0 Å². The summed E-state index contributed by atoms with van der Waals surface area (Å²) in [7, 11) is 0. The zero-order valence-electron chi connectivity index (χ0n) is 6.94. The minimum atomic E-state index is 0.545. The summed E-state index contributed by atoms with van der Waals surface area (Å²) in [5.74, 6) is 0. The van der Waals surface area contributed by atoms with Gasteiger partial charge in [-0.15, -0.1) is 0 Å². The maximum absolute atomic E-state index is 6.02. The van der Waals surface area contributed by atoms with Gasteiger partial charge in [-0.25, -0.2) is 9.50 Å². The Bertz CT molecular complexity index is 423. The lowest BCUT2D eigenvalue weighted by atomic mass is 10.3. The van der Waals surface area contributed by atoms with E-state index in [1.807, 2.05) is 12.1 Å². The molecule has 2 rings (SSSR count).